The standard InChI is InChI=1S/C11H9F3N2/c12-11(13,14)10(15)8-5-1-3-7-4-2-6-16-9(7)8/h1-6,10H,15H2/t10-/m0/s1. The highest BCUT2D eigenvalue weighted by molar-refractivity contribution is 5.82. The number of fused-ring (bicyclic) bond motifs is 1. The highest BCUT2D eigenvalue weighted by Crippen LogP contribution is 2.33. The summed E-state index contributed by atoms with van der Waals surface area (Å²) in [4.78, 5) is 3.94. The van der Waals surface area contributed by atoms with Crippen LogP contribution in [0.2, 0.25) is 0 Å². The van der Waals surface area contributed by atoms with Crippen LogP contribution in [0.3, 0.4) is 0 Å². The van der Waals surface area contributed by atoms with Crippen LogP contribution in [0.5, 0.6) is 0 Å². The molecule has 0 unspecified atom stereocenters. The second-order valence-electron chi connectivity index (χ2n) is 3.44. The largest absolute Gasteiger partial charge is 0.407 e. The molecule has 0 aliphatic rings. The molecule has 2 N–H and O–H groups in total. The number of benzene rings is 1. The third-order valence-corrected chi connectivity index (χ3v) is 2.35. The summed E-state index contributed by atoms with van der Waals surface area (Å²) in [6, 6.07) is 5.99. The summed E-state index contributed by atoms with van der Waals surface area (Å²) in [6.07, 6.45) is -3.00. The fourth-order valence-corrected chi connectivity index (χ4v) is 1.56. The number of aromatic nitrogens is 1. The zero-order valence-electron chi connectivity index (χ0n) is 8.20. The van der Waals surface area contributed by atoms with Crippen LogP contribution in [-0.2, 0) is 0 Å². The smallest absolute Gasteiger partial charge is 0.316 e. The number of rotatable bonds is 1. The molecule has 0 amide bonds. The van der Waals surface area contributed by atoms with Gasteiger partial charge in [0, 0.05) is 17.1 Å². The number of hydrogen-bond acceptors (Lipinski definition) is 2. The molecule has 1 aromatic heterocycles. The topological polar surface area (TPSA) is 38.9 Å². The number of nitrogens with two attached hydrogens (primary N) is 1. The van der Waals surface area contributed by atoms with Crippen molar-refractivity contribution < 1.29 is 13.2 Å². The molecule has 0 radical (unpaired) electrons. The quantitative estimate of drug-likeness (QED) is 0.812. The Morgan fingerprint density at radius 2 is 1.81 bits per heavy atom. The molecule has 1 aromatic carbocycles. The van der Waals surface area contributed by atoms with Crippen molar-refractivity contribution in [2.45, 2.75) is 12.2 Å². The van der Waals surface area contributed by atoms with E-state index >= 15 is 0 Å². The van der Waals surface area contributed by atoms with Crippen molar-refractivity contribution in [3.63, 3.8) is 0 Å². The molecule has 0 aliphatic carbocycles. The van der Waals surface area contributed by atoms with E-state index in [1.165, 1.54) is 12.3 Å². The Labute approximate surface area is 89.9 Å². The Bertz CT molecular complexity index is 503. The predicted molar refractivity (Wildman–Crippen MR) is 54.7 cm³/mol. The first-order valence-electron chi connectivity index (χ1n) is 4.66. The molecule has 5 heteroatoms. The van der Waals surface area contributed by atoms with E-state index in [1.807, 2.05) is 0 Å². The summed E-state index contributed by atoms with van der Waals surface area (Å²) in [5.74, 6) is 0. The number of nitrogens with zero attached hydrogens (tertiary/aromatic N) is 1. The van der Waals surface area contributed by atoms with E-state index in [9.17, 15) is 13.2 Å². The van der Waals surface area contributed by atoms with E-state index < -0.39 is 12.2 Å². The molecule has 0 spiro atoms. The van der Waals surface area contributed by atoms with Gasteiger partial charge in [-0.3, -0.25) is 4.98 Å². The van der Waals surface area contributed by atoms with Gasteiger partial charge in [0.05, 0.1) is 5.52 Å². The zero-order chi connectivity index (χ0) is 11.8. The normalized spacial score (nSPS) is 14.0. The van der Waals surface area contributed by atoms with Crippen molar-refractivity contribution >= 4 is 10.9 Å². The second-order valence-corrected chi connectivity index (χ2v) is 3.44. The Balaban J connectivity index is 2.61. The summed E-state index contributed by atoms with van der Waals surface area (Å²) < 4.78 is 37.5. The maximum Gasteiger partial charge on any atom is 0.407 e. The third-order valence-electron chi connectivity index (χ3n) is 2.35. The van der Waals surface area contributed by atoms with Gasteiger partial charge < -0.3 is 5.73 Å². The van der Waals surface area contributed by atoms with Crippen molar-refractivity contribution in [2.24, 2.45) is 5.73 Å². The second kappa shape index (κ2) is 3.75. The molecule has 2 rings (SSSR count). The minimum Gasteiger partial charge on any atom is -0.316 e. The highest BCUT2D eigenvalue weighted by Gasteiger charge is 2.38. The molecule has 0 saturated carbocycles. The maximum absolute atomic E-state index is 12.5. The van der Waals surface area contributed by atoms with Gasteiger partial charge in [0.1, 0.15) is 6.04 Å². The summed E-state index contributed by atoms with van der Waals surface area (Å²) >= 11 is 0. The molecule has 84 valence electrons. The van der Waals surface area contributed by atoms with Gasteiger partial charge in [0.2, 0.25) is 0 Å². The maximum atomic E-state index is 12.5. The van der Waals surface area contributed by atoms with Crippen LogP contribution in [0.4, 0.5) is 13.2 Å². The lowest BCUT2D eigenvalue weighted by Gasteiger charge is -2.17. The Morgan fingerprint density at radius 3 is 2.50 bits per heavy atom. The molecule has 16 heavy (non-hydrogen) atoms. The van der Waals surface area contributed by atoms with Crippen molar-refractivity contribution in [3.8, 4) is 0 Å². The minimum atomic E-state index is -4.45. The number of halogens is 3. The minimum absolute atomic E-state index is 0.00519. The van der Waals surface area contributed by atoms with Gasteiger partial charge >= 0.3 is 6.18 Å². The van der Waals surface area contributed by atoms with Gasteiger partial charge in [-0.2, -0.15) is 13.2 Å². The number of para-hydroxylation sites is 1. The van der Waals surface area contributed by atoms with Gasteiger partial charge in [-0.15, -0.1) is 0 Å². The molecule has 2 nitrogen and oxygen atoms in total. The number of alkyl halides is 3. The lowest BCUT2D eigenvalue weighted by Crippen LogP contribution is -2.28. The monoisotopic (exact) mass is 226 g/mol. The average Bonchev–Trinajstić information content (AvgIpc) is 2.26. The molecular formula is C11H9F3N2. The van der Waals surface area contributed by atoms with Crippen LogP contribution in [0.15, 0.2) is 36.5 Å². The third kappa shape index (κ3) is 1.86. The Morgan fingerprint density at radius 1 is 1.12 bits per heavy atom. The fraction of sp³-hybridized carbons (Fsp3) is 0.182. The first kappa shape index (κ1) is 10.9. The van der Waals surface area contributed by atoms with Crippen molar-refractivity contribution in [2.75, 3.05) is 0 Å². The van der Waals surface area contributed by atoms with Crippen LogP contribution >= 0.6 is 0 Å². The molecule has 0 aliphatic heterocycles. The SMILES string of the molecule is N[C@@H](c1cccc2cccnc12)C(F)(F)F. The molecule has 0 bridgehead atoms. The summed E-state index contributed by atoms with van der Waals surface area (Å²) in [7, 11) is 0. The fourth-order valence-electron chi connectivity index (χ4n) is 1.56. The lowest BCUT2D eigenvalue weighted by atomic mass is 10.0. The molecule has 1 heterocycles. The summed E-state index contributed by atoms with van der Waals surface area (Å²) in [6.45, 7) is 0. The number of pyridine rings is 1. The molecule has 1 atom stereocenters. The van der Waals surface area contributed by atoms with Crippen molar-refractivity contribution in [1.29, 1.82) is 0 Å². The van der Waals surface area contributed by atoms with Crippen LogP contribution in [0.25, 0.3) is 10.9 Å². The Kier molecular flexibility index (Phi) is 2.55. The van der Waals surface area contributed by atoms with E-state index in [4.69, 9.17) is 5.73 Å². The summed E-state index contributed by atoms with van der Waals surface area (Å²) in [5, 5.41) is 0.653. The van der Waals surface area contributed by atoms with E-state index in [0.29, 0.717) is 10.9 Å². The van der Waals surface area contributed by atoms with E-state index in [-0.39, 0.29) is 5.56 Å². The molecule has 0 saturated heterocycles. The van der Waals surface area contributed by atoms with Crippen molar-refractivity contribution in [1.82, 2.24) is 4.98 Å². The van der Waals surface area contributed by atoms with Gasteiger partial charge in [0.25, 0.3) is 0 Å². The zero-order valence-corrected chi connectivity index (χ0v) is 8.20. The summed E-state index contributed by atoms with van der Waals surface area (Å²) in [5.41, 5.74) is 5.48. The molecular weight excluding hydrogens is 217 g/mol. The van der Waals surface area contributed by atoms with Crippen molar-refractivity contribution in [3.05, 3.63) is 42.1 Å². The highest BCUT2D eigenvalue weighted by atomic mass is 19.4. The predicted octanol–water partition coefficient (Wildman–Crippen LogP) is 2.80. The van der Waals surface area contributed by atoms with E-state index in [0.717, 1.165) is 0 Å². The first-order chi connectivity index (χ1) is 7.50. The van der Waals surface area contributed by atoms with Crippen LogP contribution in [0, 0.1) is 0 Å². The van der Waals surface area contributed by atoms with Crippen LogP contribution in [-0.4, -0.2) is 11.2 Å². The van der Waals surface area contributed by atoms with Crippen LogP contribution in [0.1, 0.15) is 11.6 Å². The Hall–Kier alpha value is -1.62. The van der Waals surface area contributed by atoms with Gasteiger partial charge in [-0.05, 0) is 6.07 Å². The van der Waals surface area contributed by atoms with Gasteiger partial charge in [-0.25, -0.2) is 0 Å². The van der Waals surface area contributed by atoms with Gasteiger partial charge in [-0.1, -0.05) is 24.3 Å². The van der Waals surface area contributed by atoms with Gasteiger partial charge in [0.15, 0.2) is 0 Å². The van der Waals surface area contributed by atoms with E-state index in [2.05, 4.69) is 4.98 Å². The molecule has 2 aromatic rings. The van der Waals surface area contributed by atoms with E-state index in [1.54, 1.807) is 24.3 Å². The molecule has 0 fully saturated rings. The first-order valence-corrected chi connectivity index (χ1v) is 4.66. The number of hydrogen-bond donors (Lipinski definition) is 1. The van der Waals surface area contributed by atoms with Crippen LogP contribution < -0.4 is 5.73 Å². The lowest BCUT2D eigenvalue weighted by molar-refractivity contribution is -0.148. The average molecular weight is 226 g/mol.